The fourth-order valence-corrected chi connectivity index (χ4v) is 3.77. The number of hydrogen-bond acceptors (Lipinski definition) is 7. The lowest BCUT2D eigenvalue weighted by molar-refractivity contribution is 0.0993. The average molecular weight is 444 g/mol. The van der Waals surface area contributed by atoms with Gasteiger partial charge in [0.1, 0.15) is 17.5 Å². The van der Waals surface area contributed by atoms with Gasteiger partial charge < -0.3 is 15.0 Å². The van der Waals surface area contributed by atoms with E-state index < -0.39 is 0 Å². The van der Waals surface area contributed by atoms with E-state index in [2.05, 4.69) is 25.2 Å². The van der Waals surface area contributed by atoms with E-state index in [9.17, 15) is 4.79 Å². The number of carbonyl (C=O) groups excluding carboxylic acids is 1. The molecule has 2 aromatic heterocycles. The van der Waals surface area contributed by atoms with Crippen LogP contribution in [0.2, 0.25) is 10.0 Å². The summed E-state index contributed by atoms with van der Waals surface area (Å²) in [6.07, 6.45) is 5.17. The third-order valence-electron chi connectivity index (χ3n) is 4.66. The van der Waals surface area contributed by atoms with Crippen LogP contribution in [0.3, 0.4) is 0 Å². The second-order valence-electron chi connectivity index (χ2n) is 6.73. The van der Waals surface area contributed by atoms with Crippen LogP contribution < -0.4 is 10.2 Å². The van der Waals surface area contributed by atoms with Crippen molar-refractivity contribution in [3.63, 3.8) is 0 Å². The van der Waals surface area contributed by atoms with Crippen LogP contribution in [0.1, 0.15) is 15.9 Å². The van der Waals surface area contributed by atoms with Crippen LogP contribution in [-0.2, 0) is 11.2 Å². The zero-order chi connectivity index (χ0) is 20.9. The Morgan fingerprint density at radius 3 is 2.50 bits per heavy atom. The molecule has 1 fully saturated rings. The van der Waals surface area contributed by atoms with E-state index in [1.165, 1.54) is 0 Å². The minimum atomic E-state index is -0.155. The molecule has 1 N–H and O–H groups in total. The molecule has 9 heteroatoms. The summed E-state index contributed by atoms with van der Waals surface area (Å²) in [6, 6.07) is 8.58. The Labute approximate surface area is 184 Å². The average Bonchev–Trinajstić information content (AvgIpc) is 2.75. The third-order valence-corrected chi connectivity index (χ3v) is 5.29. The number of nitrogens with one attached hydrogen (secondary N) is 1. The van der Waals surface area contributed by atoms with E-state index >= 15 is 0 Å². The standard InChI is InChI=1S/C21H19Cl2N5O2/c22-15-2-1-3-16(23)21(15)17(29)10-14-4-5-24-18(11-14)27-19-12-26-20(13-25-19)28-6-8-30-9-7-28/h1-5,11-13H,6-10H2,(H,24,25,27). The molecule has 0 atom stereocenters. The summed E-state index contributed by atoms with van der Waals surface area (Å²) >= 11 is 12.3. The van der Waals surface area contributed by atoms with Gasteiger partial charge in [0.05, 0.1) is 41.2 Å². The summed E-state index contributed by atoms with van der Waals surface area (Å²) in [5, 5.41) is 3.81. The Morgan fingerprint density at radius 1 is 1.03 bits per heavy atom. The highest BCUT2D eigenvalue weighted by molar-refractivity contribution is 6.39. The molecule has 0 radical (unpaired) electrons. The van der Waals surface area contributed by atoms with Gasteiger partial charge in [0.25, 0.3) is 0 Å². The number of morpholine rings is 1. The lowest BCUT2D eigenvalue weighted by atomic mass is 10.0. The van der Waals surface area contributed by atoms with Crippen molar-refractivity contribution in [1.82, 2.24) is 15.0 Å². The molecule has 0 unspecified atom stereocenters. The summed E-state index contributed by atoms with van der Waals surface area (Å²) < 4.78 is 5.35. The molecule has 0 aliphatic carbocycles. The highest BCUT2D eigenvalue weighted by atomic mass is 35.5. The van der Waals surface area contributed by atoms with Crippen molar-refractivity contribution in [2.24, 2.45) is 0 Å². The molecule has 7 nitrogen and oxygen atoms in total. The molecule has 0 bridgehead atoms. The molecule has 1 saturated heterocycles. The van der Waals surface area contributed by atoms with Crippen molar-refractivity contribution in [1.29, 1.82) is 0 Å². The smallest absolute Gasteiger partial charge is 0.170 e. The molecule has 1 aromatic carbocycles. The van der Waals surface area contributed by atoms with E-state index in [1.54, 1.807) is 48.9 Å². The van der Waals surface area contributed by atoms with Crippen molar-refractivity contribution >= 4 is 46.4 Å². The number of nitrogens with zero attached hydrogens (tertiary/aromatic N) is 4. The molecule has 1 aliphatic heterocycles. The van der Waals surface area contributed by atoms with Crippen LogP contribution in [0, 0.1) is 0 Å². The van der Waals surface area contributed by atoms with Crippen LogP contribution in [0.15, 0.2) is 48.9 Å². The van der Waals surface area contributed by atoms with Gasteiger partial charge in [-0.3, -0.25) is 4.79 Å². The van der Waals surface area contributed by atoms with Gasteiger partial charge in [-0.15, -0.1) is 0 Å². The van der Waals surface area contributed by atoms with Crippen LogP contribution in [0.25, 0.3) is 0 Å². The van der Waals surface area contributed by atoms with Gasteiger partial charge in [-0.05, 0) is 29.8 Å². The van der Waals surface area contributed by atoms with E-state index in [0.717, 1.165) is 24.5 Å². The Kier molecular flexibility index (Phi) is 6.42. The van der Waals surface area contributed by atoms with Crippen molar-refractivity contribution in [2.75, 3.05) is 36.5 Å². The van der Waals surface area contributed by atoms with Gasteiger partial charge in [0.15, 0.2) is 5.78 Å². The van der Waals surface area contributed by atoms with Crippen molar-refractivity contribution in [3.05, 3.63) is 70.1 Å². The number of benzene rings is 1. The summed E-state index contributed by atoms with van der Waals surface area (Å²) in [5.41, 5.74) is 1.11. The second-order valence-corrected chi connectivity index (χ2v) is 7.54. The van der Waals surface area contributed by atoms with E-state index in [-0.39, 0.29) is 12.2 Å². The first-order valence-electron chi connectivity index (χ1n) is 9.44. The molecule has 1 aliphatic rings. The number of halogens is 2. The van der Waals surface area contributed by atoms with Crippen molar-refractivity contribution in [2.45, 2.75) is 6.42 Å². The zero-order valence-corrected chi connectivity index (χ0v) is 17.5. The maximum Gasteiger partial charge on any atom is 0.170 e. The van der Waals surface area contributed by atoms with Gasteiger partial charge in [-0.25, -0.2) is 15.0 Å². The third kappa shape index (κ3) is 4.87. The summed E-state index contributed by atoms with van der Waals surface area (Å²) in [7, 11) is 0. The first-order chi connectivity index (χ1) is 14.6. The SMILES string of the molecule is O=C(Cc1ccnc(Nc2cnc(N3CCOCC3)cn2)c1)c1c(Cl)cccc1Cl. The first kappa shape index (κ1) is 20.5. The van der Waals surface area contributed by atoms with Gasteiger partial charge in [-0.1, -0.05) is 29.3 Å². The summed E-state index contributed by atoms with van der Waals surface area (Å²) in [4.78, 5) is 28.0. The van der Waals surface area contributed by atoms with Crippen LogP contribution in [-0.4, -0.2) is 47.0 Å². The fourth-order valence-electron chi connectivity index (χ4n) is 3.16. The fraction of sp³-hybridized carbons (Fsp3) is 0.238. The molecule has 30 heavy (non-hydrogen) atoms. The largest absolute Gasteiger partial charge is 0.378 e. The minimum absolute atomic E-state index is 0.155. The van der Waals surface area contributed by atoms with Gasteiger partial charge in [-0.2, -0.15) is 0 Å². The van der Waals surface area contributed by atoms with Crippen molar-refractivity contribution < 1.29 is 9.53 Å². The quantitative estimate of drug-likeness (QED) is 0.572. The Balaban J connectivity index is 1.44. The number of carbonyl (C=O) groups is 1. The van der Waals surface area contributed by atoms with Gasteiger partial charge in [0, 0.05) is 25.7 Å². The first-order valence-corrected chi connectivity index (χ1v) is 10.2. The number of hydrogen-bond donors (Lipinski definition) is 1. The molecule has 0 spiro atoms. The monoisotopic (exact) mass is 443 g/mol. The lowest BCUT2D eigenvalue weighted by Gasteiger charge is -2.27. The van der Waals surface area contributed by atoms with E-state index in [4.69, 9.17) is 27.9 Å². The Morgan fingerprint density at radius 2 is 1.80 bits per heavy atom. The molecule has 154 valence electrons. The molecule has 3 aromatic rings. The number of ether oxygens (including phenoxy) is 1. The minimum Gasteiger partial charge on any atom is -0.378 e. The van der Waals surface area contributed by atoms with Gasteiger partial charge >= 0.3 is 0 Å². The topological polar surface area (TPSA) is 80.2 Å². The molecule has 4 rings (SSSR count). The molecule has 0 amide bonds. The number of aromatic nitrogens is 3. The van der Waals surface area contributed by atoms with Crippen LogP contribution in [0.5, 0.6) is 0 Å². The second kappa shape index (κ2) is 9.38. The predicted octanol–water partition coefficient (Wildman–Crippen LogP) is 4.18. The highest BCUT2D eigenvalue weighted by Gasteiger charge is 2.16. The zero-order valence-electron chi connectivity index (χ0n) is 16.0. The summed E-state index contributed by atoms with van der Waals surface area (Å²) in [5.74, 6) is 1.79. The van der Waals surface area contributed by atoms with Crippen LogP contribution >= 0.6 is 23.2 Å². The maximum atomic E-state index is 12.7. The predicted molar refractivity (Wildman–Crippen MR) is 117 cm³/mol. The van der Waals surface area contributed by atoms with E-state index in [1.807, 2.05) is 0 Å². The highest BCUT2D eigenvalue weighted by Crippen LogP contribution is 2.26. The Hall–Kier alpha value is -2.74. The number of Topliss-reactive ketones (excluding diaryl/α,β-unsaturated/α-hetero) is 1. The van der Waals surface area contributed by atoms with Crippen LogP contribution in [0.4, 0.5) is 17.5 Å². The number of anilines is 3. The number of pyridine rings is 1. The molecule has 3 heterocycles. The van der Waals surface area contributed by atoms with Crippen molar-refractivity contribution in [3.8, 4) is 0 Å². The normalized spacial score (nSPS) is 13.9. The molecular formula is C21H19Cl2N5O2. The maximum absolute atomic E-state index is 12.7. The van der Waals surface area contributed by atoms with Gasteiger partial charge in [0.2, 0.25) is 0 Å². The van der Waals surface area contributed by atoms with E-state index in [0.29, 0.717) is 40.5 Å². The number of rotatable bonds is 6. The molecular weight excluding hydrogens is 425 g/mol. The number of ketones is 1. The Bertz CT molecular complexity index is 1020. The molecule has 0 saturated carbocycles. The lowest BCUT2D eigenvalue weighted by Crippen LogP contribution is -2.36. The summed E-state index contributed by atoms with van der Waals surface area (Å²) in [6.45, 7) is 2.98.